The van der Waals surface area contributed by atoms with E-state index in [2.05, 4.69) is 21.1 Å². The molecule has 2 heterocycles. The first-order valence-electron chi connectivity index (χ1n) is 6.67. The number of halogens is 1. The summed E-state index contributed by atoms with van der Waals surface area (Å²) in [6.45, 7) is 0.0529. The van der Waals surface area contributed by atoms with Gasteiger partial charge in [-0.1, -0.05) is 11.2 Å². The average molecular weight is 394 g/mol. The van der Waals surface area contributed by atoms with E-state index in [0.717, 1.165) is 4.88 Å². The fraction of sp³-hybridized carbons (Fsp3) is 0.125. The van der Waals surface area contributed by atoms with Crippen LogP contribution in [0.3, 0.4) is 0 Å². The molecule has 0 saturated carbocycles. The highest BCUT2D eigenvalue weighted by Gasteiger charge is 2.13. The second-order valence-electron chi connectivity index (χ2n) is 4.59. The molecule has 7 heteroatoms. The summed E-state index contributed by atoms with van der Waals surface area (Å²) in [7, 11) is 1.56. The molecule has 0 fully saturated rings. The molecule has 118 valence electrons. The van der Waals surface area contributed by atoms with Gasteiger partial charge in [-0.2, -0.15) is 0 Å². The monoisotopic (exact) mass is 393 g/mol. The van der Waals surface area contributed by atoms with Crippen LogP contribution in [0.2, 0.25) is 0 Å². The Morgan fingerprint density at radius 1 is 1.35 bits per heavy atom. The van der Waals surface area contributed by atoms with Crippen molar-refractivity contribution in [3.05, 3.63) is 57.5 Å². The van der Waals surface area contributed by atoms with Crippen LogP contribution in [0.4, 0.5) is 0 Å². The van der Waals surface area contributed by atoms with Crippen LogP contribution >= 0.6 is 27.3 Å². The SMILES string of the molecule is COc1ccc(C(=O)OCc2cc(-c3cccs3)on2)cc1Br. The zero-order valence-electron chi connectivity index (χ0n) is 12.1. The summed E-state index contributed by atoms with van der Waals surface area (Å²) in [6.07, 6.45) is 0. The van der Waals surface area contributed by atoms with Gasteiger partial charge in [0.25, 0.3) is 0 Å². The van der Waals surface area contributed by atoms with E-state index in [1.165, 1.54) is 0 Å². The molecule has 5 nitrogen and oxygen atoms in total. The number of thiophene rings is 1. The Hall–Kier alpha value is -2.12. The summed E-state index contributed by atoms with van der Waals surface area (Å²) in [5, 5.41) is 5.87. The molecule has 0 radical (unpaired) electrons. The standard InChI is InChI=1S/C16H12BrNO4S/c1-20-13-5-4-10(7-12(13)17)16(19)21-9-11-8-14(22-18-11)15-3-2-6-23-15/h2-8H,9H2,1H3. The highest BCUT2D eigenvalue weighted by molar-refractivity contribution is 9.10. The van der Waals surface area contributed by atoms with Gasteiger partial charge in [0.15, 0.2) is 5.76 Å². The van der Waals surface area contributed by atoms with Crippen molar-refractivity contribution < 1.29 is 18.8 Å². The molecule has 0 atom stereocenters. The van der Waals surface area contributed by atoms with Gasteiger partial charge in [-0.3, -0.25) is 0 Å². The van der Waals surface area contributed by atoms with E-state index in [1.54, 1.807) is 42.7 Å². The van der Waals surface area contributed by atoms with E-state index in [-0.39, 0.29) is 6.61 Å². The quantitative estimate of drug-likeness (QED) is 0.595. The van der Waals surface area contributed by atoms with Crippen LogP contribution < -0.4 is 4.74 Å². The Morgan fingerprint density at radius 3 is 2.91 bits per heavy atom. The van der Waals surface area contributed by atoms with E-state index >= 15 is 0 Å². The fourth-order valence-corrected chi connectivity index (χ4v) is 3.14. The molecular formula is C16H12BrNO4S. The molecule has 0 saturated heterocycles. The Balaban J connectivity index is 1.64. The lowest BCUT2D eigenvalue weighted by Gasteiger charge is -2.06. The Kier molecular flexibility index (Phi) is 4.78. The number of hydrogen-bond donors (Lipinski definition) is 0. The lowest BCUT2D eigenvalue weighted by atomic mass is 10.2. The minimum absolute atomic E-state index is 0.0529. The van der Waals surface area contributed by atoms with Crippen molar-refractivity contribution in [2.24, 2.45) is 0 Å². The minimum atomic E-state index is -0.436. The maximum absolute atomic E-state index is 12.1. The number of methoxy groups -OCH3 is 1. The van der Waals surface area contributed by atoms with Gasteiger partial charge in [0, 0.05) is 6.07 Å². The summed E-state index contributed by atoms with van der Waals surface area (Å²) >= 11 is 4.90. The predicted molar refractivity (Wildman–Crippen MR) is 89.6 cm³/mol. The van der Waals surface area contributed by atoms with Crippen LogP contribution in [-0.4, -0.2) is 18.2 Å². The van der Waals surface area contributed by atoms with Gasteiger partial charge >= 0.3 is 5.97 Å². The molecule has 23 heavy (non-hydrogen) atoms. The Morgan fingerprint density at radius 2 is 2.22 bits per heavy atom. The first kappa shape index (κ1) is 15.8. The molecule has 0 spiro atoms. The number of aromatic nitrogens is 1. The zero-order chi connectivity index (χ0) is 16.2. The second-order valence-corrected chi connectivity index (χ2v) is 6.39. The van der Waals surface area contributed by atoms with Gasteiger partial charge in [0.1, 0.15) is 18.1 Å². The number of carbonyl (C=O) groups is 1. The van der Waals surface area contributed by atoms with Crippen LogP contribution in [0, 0.1) is 0 Å². The summed E-state index contributed by atoms with van der Waals surface area (Å²) in [4.78, 5) is 13.0. The van der Waals surface area contributed by atoms with Crippen molar-refractivity contribution in [1.29, 1.82) is 0 Å². The largest absolute Gasteiger partial charge is 0.496 e. The summed E-state index contributed by atoms with van der Waals surface area (Å²) in [5.41, 5.74) is 0.994. The highest BCUT2D eigenvalue weighted by Crippen LogP contribution is 2.27. The van der Waals surface area contributed by atoms with Crippen LogP contribution in [0.1, 0.15) is 16.1 Å². The second kappa shape index (κ2) is 6.97. The third-order valence-electron chi connectivity index (χ3n) is 3.06. The van der Waals surface area contributed by atoms with Crippen molar-refractivity contribution >= 4 is 33.2 Å². The molecule has 2 aromatic heterocycles. The molecule has 3 aromatic rings. The van der Waals surface area contributed by atoms with Gasteiger partial charge in [0.05, 0.1) is 22.0 Å². The fourth-order valence-electron chi connectivity index (χ4n) is 1.93. The van der Waals surface area contributed by atoms with E-state index in [0.29, 0.717) is 27.2 Å². The number of rotatable bonds is 5. The zero-order valence-corrected chi connectivity index (χ0v) is 14.5. The van der Waals surface area contributed by atoms with Crippen LogP contribution in [-0.2, 0) is 11.3 Å². The third kappa shape index (κ3) is 3.62. The molecule has 0 aliphatic carbocycles. The molecule has 0 aliphatic rings. The van der Waals surface area contributed by atoms with Gasteiger partial charge in [-0.15, -0.1) is 11.3 Å². The van der Waals surface area contributed by atoms with E-state index in [4.69, 9.17) is 14.0 Å². The van der Waals surface area contributed by atoms with Crippen LogP contribution in [0.15, 0.2) is 50.8 Å². The number of nitrogens with zero attached hydrogens (tertiary/aromatic N) is 1. The third-order valence-corrected chi connectivity index (χ3v) is 4.57. The number of esters is 1. The molecule has 0 unspecified atom stereocenters. The van der Waals surface area contributed by atoms with E-state index in [9.17, 15) is 4.79 Å². The Labute approximate surface area is 145 Å². The maximum atomic E-state index is 12.1. The summed E-state index contributed by atoms with van der Waals surface area (Å²) in [5.74, 6) is 0.880. The minimum Gasteiger partial charge on any atom is -0.496 e. The highest BCUT2D eigenvalue weighted by atomic mass is 79.9. The van der Waals surface area contributed by atoms with Gasteiger partial charge in [-0.05, 0) is 45.6 Å². The van der Waals surface area contributed by atoms with Crippen molar-refractivity contribution in [1.82, 2.24) is 5.16 Å². The molecule has 0 amide bonds. The molecule has 3 rings (SSSR count). The molecule has 1 aromatic carbocycles. The van der Waals surface area contributed by atoms with Crippen molar-refractivity contribution in [2.75, 3.05) is 7.11 Å². The van der Waals surface area contributed by atoms with Gasteiger partial charge < -0.3 is 14.0 Å². The summed E-state index contributed by atoms with van der Waals surface area (Å²) < 4.78 is 16.3. The van der Waals surface area contributed by atoms with E-state index < -0.39 is 5.97 Å². The van der Waals surface area contributed by atoms with E-state index in [1.807, 2.05) is 17.5 Å². The maximum Gasteiger partial charge on any atom is 0.338 e. The predicted octanol–water partition coefficient (Wildman–Crippen LogP) is 4.53. The number of benzene rings is 1. The first-order valence-corrected chi connectivity index (χ1v) is 8.35. The van der Waals surface area contributed by atoms with Gasteiger partial charge in [-0.25, -0.2) is 4.79 Å². The number of hydrogen-bond acceptors (Lipinski definition) is 6. The normalized spacial score (nSPS) is 10.5. The van der Waals surface area contributed by atoms with Crippen molar-refractivity contribution in [2.45, 2.75) is 6.61 Å². The Bertz CT molecular complexity index is 813. The lowest BCUT2D eigenvalue weighted by molar-refractivity contribution is 0.0464. The lowest BCUT2D eigenvalue weighted by Crippen LogP contribution is -2.05. The van der Waals surface area contributed by atoms with Crippen LogP contribution in [0.5, 0.6) is 5.75 Å². The number of ether oxygens (including phenoxy) is 2. The molecular weight excluding hydrogens is 382 g/mol. The van der Waals surface area contributed by atoms with Crippen LogP contribution in [0.25, 0.3) is 10.6 Å². The molecule has 0 bridgehead atoms. The number of carbonyl (C=O) groups excluding carboxylic acids is 1. The van der Waals surface area contributed by atoms with Crippen molar-refractivity contribution in [3.63, 3.8) is 0 Å². The first-order chi connectivity index (χ1) is 11.2. The van der Waals surface area contributed by atoms with Gasteiger partial charge in [0.2, 0.25) is 0 Å². The van der Waals surface area contributed by atoms with Crippen molar-refractivity contribution in [3.8, 4) is 16.4 Å². The molecule has 0 aliphatic heterocycles. The molecule has 0 N–H and O–H groups in total. The average Bonchev–Trinajstić information content (AvgIpc) is 3.23. The topological polar surface area (TPSA) is 61.6 Å². The summed E-state index contributed by atoms with van der Waals surface area (Å²) in [6, 6.07) is 10.6. The smallest absolute Gasteiger partial charge is 0.338 e.